The lowest BCUT2D eigenvalue weighted by Crippen LogP contribution is -2.55. The highest BCUT2D eigenvalue weighted by atomic mass is 19.1. The van der Waals surface area contributed by atoms with Gasteiger partial charge in [0.15, 0.2) is 0 Å². The first-order chi connectivity index (χ1) is 12.6. The maximum atomic E-state index is 13.3. The molecule has 140 valence electrons. The third-order valence-corrected chi connectivity index (χ3v) is 4.72. The average Bonchev–Trinajstić information content (AvgIpc) is 2.65. The van der Waals surface area contributed by atoms with Crippen molar-refractivity contribution in [3.63, 3.8) is 0 Å². The zero-order chi connectivity index (χ0) is 18.5. The first kappa shape index (κ1) is 18.6. The summed E-state index contributed by atoms with van der Waals surface area (Å²) in [6.45, 7) is 0.577. The number of methoxy groups -OCH3 is 1. The second-order valence-electron chi connectivity index (χ2n) is 6.51. The van der Waals surface area contributed by atoms with E-state index in [1.165, 1.54) is 12.1 Å². The van der Waals surface area contributed by atoms with Gasteiger partial charge in [0.2, 0.25) is 0 Å². The maximum Gasteiger partial charge on any atom is 0.127 e. The monoisotopic (exact) mass is 361 g/mol. The number of ether oxygens (including phenoxy) is 2. The molecule has 0 unspecified atom stereocenters. The van der Waals surface area contributed by atoms with Crippen molar-refractivity contribution in [2.75, 3.05) is 7.11 Å². The van der Waals surface area contributed by atoms with Crippen LogP contribution in [0.2, 0.25) is 0 Å². The molecular weight excluding hydrogens is 337 g/mol. The fourth-order valence-electron chi connectivity index (χ4n) is 3.20. The van der Waals surface area contributed by atoms with Crippen molar-refractivity contribution in [3.05, 3.63) is 59.9 Å². The summed E-state index contributed by atoms with van der Waals surface area (Å²) in [5.41, 5.74) is 1.06. The average molecular weight is 361 g/mol. The Bertz CT molecular complexity index is 709. The second-order valence-corrected chi connectivity index (χ2v) is 6.51. The number of halogens is 1. The summed E-state index contributed by atoms with van der Waals surface area (Å²) in [7, 11) is 1.62. The van der Waals surface area contributed by atoms with E-state index < -0.39 is 24.1 Å². The standard InChI is InChI=1S/C20H24FNO4/c1-25-15-7-5-13(6-8-15)12-22-17-9-10-18(20(24)19(17)23)26-16-4-2-3-14(21)11-16/h2-8,11,17-20,22-24H,9-10,12H2,1H3/t17-,18-,19-,20-/m1/s1. The highest BCUT2D eigenvalue weighted by molar-refractivity contribution is 5.27. The predicted molar refractivity (Wildman–Crippen MR) is 95.7 cm³/mol. The molecule has 1 aliphatic rings. The summed E-state index contributed by atoms with van der Waals surface area (Å²) < 4.78 is 24.1. The highest BCUT2D eigenvalue weighted by Gasteiger charge is 2.38. The van der Waals surface area contributed by atoms with Crippen LogP contribution in [0.1, 0.15) is 18.4 Å². The number of rotatable bonds is 6. The summed E-state index contributed by atoms with van der Waals surface area (Å²) in [5.74, 6) is 0.748. The molecule has 6 heteroatoms. The van der Waals surface area contributed by atoms with Crippen molar-refractivity contribution in [1.82, 2.24) is 5.32 Å². The highest BCUT2D eigenvalue weighted by Crippen LogP contribution is 2.25. The molecule has 2 aromatic rings. The molecule has 3 N–H and O–H groups in total. The lowest BCUT2D eigenvalue weighted by atomic mass is 9.87. The Kier molecular flexibility index (Phi) is 6.08. The van der Waals surface area contributed by atoms with Gasteiger partial charge in [0, 0.05) is 18.7 Å². The molecule has 0 heterocycles. The van der Waals surface area contributed by atoms with E-state index >= 15 is 0 Å². The van der Waals surface area contributed by atoms with Crippen molar-refractivity contribution in [2.24, 2.45) is 0 Å². The normalized spacial score (nSPS) is 25.7. The van der Waals surface area contributed by atoms with E-state index in [0.29, 0.717) is 25.1 Å². The molecule has 1 saturated carbocycles. The van der Waals surface area contributed by atoms with Gasteiger partial charge < -0.3 is 25.0 Å². The zero-order valence-corrected chi connectivity index (χ0v) is 14.6. The van der Waals surface area contributed by atoms with Crippen molar-refractivity contribution >= 4 is 0 Å². The second kappa shape index (κ2) is 8.49. The Labute approximate surface area is 152 Å². The van der Waals surface area contributed by atoms with Gasteiger partial charge >= 0.3 is 0 Å². The van der Waals surface area contributed by atoms with Crippen LogP contribution in [0.25, 0.3) is 0 Å². The van der Waals surface area contributed by atoms with Gasteiger partial charge in [0.25, 0.3) is 0 Å². The fraction of sp³-hybridized carbons (Fsp3) is 0.400. The topological polar surface area (TPSA) is 71.0 Å². The summed E-state index contributed by atoms with van der Waals surface area (Å²) in [4.78, 5) is 0. The number of nitrogens with one attached hydrogen (secondary N) is 1. The largest absolute Gasteiger partial charge is 0.497 e. The predicted octanol–water partition coefficient (Wildman–Crippen LogP) is 2.26. The molecular formula is C20H24FNO4. The molecule has 0 aliphatic heterocycles. The third kappa shape index (κ3) is 4.52. The molecule has 0 spiro atoms. The molecule has 3 rings (SSSR count). The van der Waals surface area contributed by atoms with Gasteiger partial charge in [-0.05, 0) is 42.7 Å². The van der Waals surface area contributed by atoms with Crippen molar-refractivity contribution in [3.8, 4) is 11.5 Å². The SMILES string of the molecule is COc1ccc(CN[C@@H]2CC[C@@H](Oc3cccc(F)c3)[C@@H](O)[C@@H]2O)cc1. The van der Waals surface area contributed by atoms with Gasteiger partial charge in [-0.3, -0.25) is 0 Å². The Hall–Kier alpha value is -2.15. The van der Waals surface area contributed by atoms with Gasteiger partial charge in [-0.25, -0.2) is 4.39 Å². The van der Waals surface area contributed by atoms with Crippen LogP contribution < -0.4 is 14.8 Å². The van der Waals surface area contributed by atoms with Crippen LogP contribution in [0.4, 0.5) is 4.39 Å². The number of aliphatic hydroxyl groups excluding tert-OH is 2. The van der Waals surface area contributed by atoms with Crippen molar-refractivity contribution in [2.45, 2.75) is 43.7 Å². The minimum Gasteiger partial charge on any atom is -0.497 e. The van der Waals surface area contributed by atoms with Crippen LogP contribution >= 0.6 is 0 Å². The molecule has 4 atom stereocenters. The van der Waals surface area contributed by atoms with Crippen molar-refractivity contribution in [1.29, 1.82) is 0 Å². The van der Waals surface area contributed by atoms with Gasteiger partial charge in [-0.15, -0.1) is 0 Å². The molecule has 1 aliphatic carbocycles. The van der Waals surface area contributed by atoms with Crippen LogP contribution in [0, 0.1) is 5.82 Å². The molecule has 5 nitrogen and oxygen atoms in total. The Morgan fingerprint density at radius 2 is 1.81 bits per heavy atom. The van der Waals surface area contributed by atoms with E-state index in [1.54, 1.807) is 19.2 Å². The Balaban J connectivity index is 1.54. The van der Waals surface area contributed by atoms with Crippen LogP contribution in [-0.4, -0.2) is 41.7 Å². The summed E-state index contributed by atoms with van der Waals surface area (Å²) in [6, 6.07) is 13.2. The van der Waals surface area contributed by atoms with E-state index in [9.17, 15) is 14.6 Å². The number of benzene rings is 2. The minimum absolute atomic E-state index is 0.237. The summed E-state index contributed by atoms with van der Waals surface area (Å²) in [6.07, 6.45) is -1.35. The lowest BCUT2D eigenvalue weighted by Gasteiger charge is -2.38. The fourth-order valence-corrected chi connectivity index (χ4v) is 3.20. The third-order valence-electron chi connectivity index (χ3n) is 4.72. The quantitative estimate of drug-likeness (QED) is 0.736. The van der Waals surface area contributed by atoms with Gasteiger partial charge in [0.05, 0.1) is 13.2 Å². The van der Waals surface area contributed by atoms with Gasteiger partial charge in [0.1, 0.15) is 29.5 Å². The smallest absolute Gasteiger partial charge is 0.127 e. The van der Waals surface area contributed by atoms with E-state index in [-0.39, 0.29) is 6.04 Å². The maximum absolute atomic E-state index is 13.3. The molecule has 2 aromatic carbocycles. The minimum atomic E-state index is -1.04. The molecule has 1 fully saturated rings. The molecule has 0 radical (unpaired) electrons. The molecule has 0 saturated heterocycles. The summed E-state index contributed by atoms with van der Waals surface area (Å²) in [5, 5.41) is 24.1. The van der Waals surface area contributed by atoms with Crippen LogP contribution in [-0.2, 0) is 6.54 Å². The molecule has 0 aromatic heterocycles. The number of aliphatic hydroxyl groups is 2. The zero-order valence-electron chi connectivity index (χ0n) is 14.6. The van der Waals surface area contributed by atoms with E-state index in [0.717, 1.165) is 11.3 Å². The molecule has 0 amide bonds. The van der Waals surface area contributed by atoms with Gasteiger partial charge in [-0.2, -0.15) is 0 Å². The van der Waals surface area contributed by atoms with Crippen LogP contribution in [0.3, 0.4) is 0 Å². The number of hydrogen-bond donors (Lipinski definition) is 3. The van der Waals surface area contributed by atoms with E-state index in [4.69, 9.17) is 9.47 Å². The van der Waals surface area contributed by atoms with E-state index in [2.05, 4.69) is 5.32 Å². The lowest BCUT2D eigenvalue weighted by molar-refractivity contribution is -0.0893. The number of hydrogen-bond acceptors (Lipinski definition) is 5. The molecule has 0 bridgehead atoms. The van der Waals surface area contributed by atoms with Crippen LogP contribution in [0.15, 0.2) is 48.5 Å². The van der Waals surface area contributed by atoms with Crippen molar-refractivity contribution < 1.29 is 24.1 Å². The summed E-state index contributed by atoms with van der Waals surface area (Å²) >= 11 is 0. The first-order valence-electron chi connectivity index (χ1n) is 8.71. The van der Waals surface area contributed by atoms with E-state index in [1.807, 2.05) is 24.3 Å². The Morgan fingerprint density at radius 1 is 1.04 bits per heavy atom. The Morgan fingerprint density at radius 3 is 2.50 bits per heavy atom. The first-order valence-corrected chi connectivity index (χ1v) is 8.71. The van der Waals surface area contributed by atoms with Crippen LogP contribution in [0.5, 0.6) is 11.5 Å². The molecule has 26 heavy (non-hydrogen) atoms. The van der Waals surface area contributed by atoms with Gasteiger partial charge in [-0.1, -0.05) is 18.2 Å².